The average molecular weight is 673 g/mol. The molecule has 0 bridgehead atoms. The Balaban J connectivity index is 1.40. The van der Waals surface area contributed by atoms with Gasteiger partial charge in [0.25, 0.3) is 5.56 Å². The second kappa shape index (κ2) is 11.3. The van der Waals surface area contributed by atoms with E-state index < -0.39 is 0 Å². The summed E-state index contributed by atoms with van der Waals surface area (Å²) in [6, 6.07) is 26.5. The number of aromatic nitrogens is 2. The molecule has 6 rings (SSSR count). The van der Waals surface area contributed by atoms with Gasteiger partial charge in [0.1, 0.15) is 12.2 Å². The molecule has 7 nitrogen and oxygen atoms in total. The van der Waals surface area contributed by atoms with Gasteiger partial charge in [-0.3, -0.25) is 4.79 Å². The highest BCUT2D eigenvalue weighted by Crippen LogP contribution is 2.37. The first kappa shape index (κ1) is 27.0. The zero-order chi connectivity index (χ0) is 28.5. The third-order valence-corrected chi connectivity index (χ3v) is 7.57. The van der Waals surface area contributed by atoms with Gasteiger partial charge in [-0.1, -0.05) is 57.9 Å². The number of furan rings is 1. The molecule has 0 radical (unpaired) electrons. The van der Waals surface area contributed by atoms with Gasteiger partial charge in [-0.05, 0) is 82.5 Å². The van der Waals surface area contributed by atoms with E-state index in [-0.39, 0.29) is 5.56 Å². The lowest BCUT2D eigenvalue weighted by atomic mass is 10.1. The van der Waals surface area contributed by atoms with Gasteiger partial charge in [0.05, 0.1) is 28.7 Å². The lowest BCUT2D eigenvalue weighted by molar-refractivity contribution is 0.282. The zero-order valence-electron chi connectivity index (χ0n) is 22.1. The van der Waals surface area contributed by atoms with Crippen molar-refractivity contribution in [1.82, 2.24) is 9.66 Å². The maximum Gasteiger partial charge on any atom is 0.282 e. The van der Waals surface area contributed by atoms with Crippen molar-refractivity contribution in [2.24, 2.45) is 5.10 Å². The van der Waals surface area contributed by atoms with Crippen molar-refractivity contribution in [3.8, 4) is 23.1 Å². The van der Waals surface area contributed by atoms with Crippen molar-refractivity contribution in [3.63, 3.8) is 0 Å². The van der Waals surface area contributed by atoms with Crippen LogP contribution < -0.4 is 15.0 Å². The first-order valence-electron chi connectivity index (χ1n) is 12.7. The molecule has 0 amide bonds. The number of benzene rings is 4. The topological polar surface area (TPSA) is 78.9 Å². The maximum absolute atomic E-state index is 13.6. The number of halogens is 2. The second-order valence-corrected chi connectivity index (χ2v) is 11.2. The third kappa shape index (κ3) is 5.55. The zero-order valence-corrected chi connectivity index (χ0v) is 25.3. The van der Waals surface area contributed by atoms with Gasteiger partial charge < -0.3 is 13.9 Å². The Morgan fingerprint density at radius 2 is 1.85 bits per heavy atom. The largest absolute Gasteiger partial charge is 0.493 e. The molecule has 0 unspecified atom stereocenters. The summed E-state index contributed by atoms with van der Waals surface area (Å²) in [5, 5.41) is 5.90. The number of fused-ring (bicyclic) bond motifs is 2. The minimum atomic E-state index is -0.312. The summed E-state index contributed by atoms with van der Waals surface area (Å²) >= 11 is 7.11. The predicted molar refractivity (Wildman–Crippen MR) is 168 cm³/mol. The molecule has 204 valence electrons. The van der Waals surface area contributed by atoms with Crippen molar-refractivity contribution < 1.29 is 13.9 Å². The quantitative estimate of drug-likeness (QED) is 0.160. The number of nitrogens with zero attached hydrogens (tertiary/aromatic N) is 3. The van der Waals surface area contributed by atoms with E-state index in [4.69, 9.17) is 18.9 Å². The number of hydrogen-bond donors (Lipinski definition) is 0. The molecule has 4 aromatic carbocycles. The molecule has 0 N–H and O–H groups in total. The molecule has 0 saturated heterocycles. The van der Waals surface area contributed by atoms with E-state index in [2.05, 4.69) is 43.0 Å². The lowest BCUT2D eigenvalue weighted by Crippen LogP contribution is -2.20. The van der Waals surface area contributed by atoms with Crippen LogP contribution in [0, 0.1) is 6.92 Å². The van der Waals surface area contributed by atoms with Crippen LogP contribution in [-0.4, -0.2) is 23.0 Å². The standard InChI is InChI=1S/C32H23Br2N3O4/c1-19-6-5-7-20(12-19)18-40-30-25(34)13-21(14-28(30)39-2)17-35-37-31(36-26-9-4-3-8-24(26)32(37)38)29-16-22-15-23(33)10-11-27(22)41-29/h3-17H,18H2,1-2H3. The molecule has 0 atom stereocenters. The molecule has 0 saturated carbocycles. The smallest absolute Gasteiger partial charge is 0.282 e. The van der Waals surface area contributed by atoms with Gasteiger partial charge in [0.2, 0.25) is 5.82 Å². The van der Waals surface area contributed by atoms with Gasteiger partial charge in [0.15, 0.2) is 17.3 Å². The van der Waals surface area contributed by atoms with Crippen LogP contribution in [0.4, 0.5) is 0 Å². The van der Waals surface area contributed by atoms with Gasteiger partial charge in [-0.25, -0.2) is 4.98 Å². The molecule has 2 heterocycles. The van der Waals surface area contributed by atoms with Crippen LogP contribution in [0.3, 0.4) is 0 Å². The molecule has 0 aliphatic rings. The normalized spacial score (nSPS) is 11.5. The van der Waals surface area contributed by atoms with E-state index in [1.165, 1.54) is 4.68 Å². The molecule has 0 spiro atoms. The lowest BCUT2D eigenvalue weighted by Gasteiger charge is -2.14. The summed E-state index contributed by atoms with van der Waals surface area (Å²) in [7, 11) is 1.58. The van der Waals surface area contributed by atoms with Gasteiger partial charge in [-0.15, -0.1) is 0 Å². The predicted octanol–water partition coefficient (Wildman–Crippen LogP) is 8.11. The van der Waals surface area contributed by atoms with E-state index in [1.807, 2.05) is 61.5 Å². The Kier molecular flexibility index (Phi) is 7.47. The van der Waals surface area contributed by atoms with Crippen LogP contribution in [0.5, 0.6) is 11.5 Å². The van der Waals surface area contributed by atoms with Crippen LogP contribution >= 0.6 is 31.9 Å². The fraction of sp³-hybridized carbons (Fsp3) is 0.0938. The molecule has 0 fully saturated rings. The molecule has 0 aliphatic heterocycles. The summed E-state index contributed by atoms with van der Waals surface area (Å²) in [6.45, 7) is 2.43. The van der Waals surface area contributed by atoms with Crippen LogP contribution in [0.1, 0.15) is 16.7 Å². The van der Waals surface area contributed by atoms with Crippen LogP contribution in [-0.2, 0) is 6.61 Å². The van der Waals surface area contributed by atoms with E-state index in [0.717, 1.165) is 21.0 Å². The molecule has 0 aliphatic carbocycles. The highest BCUT2D eigenvalue weighted by atomic mass is 79.9. The van der Waals surface area contributed by atoms with Gasteiger partial charge in [0, 0.05) is 9.86 Å². The van der Waals surface area contributed by atoms with E-state index >= 15 is 0 Å². The van der Waals surface area contributed by atoms with E-state index in [0.29, 0.717) is 56.2 Å². The Bertz CT molecular complexity index is 2010. The number of ether oxygens (including phenoxy) is 2. The van der Waals surface area contributed by atoms with Crippen molar-refractivity contribution in [2.75, 3.05) is 7.11 Å². The molecule has 2 aromatic heterocycles. The summed E-state index contributed by atoms with van der Waals surface area (Å²) in [6.07, 6.45) is 1.58. The maximum atomic E-state index is 13.6. The fourth-order valence-electron chi connectivity index (χ4n) is 4.55. The Labute approximate surface area is 252 Å². The van der Waals surface area contributed by atoms with E-state index in [9.17, 15) is 4.79 Å². The van der Waals surface area contributed by atoms with Crippen molar-refractivity contribution in [3.05, 3.63) is 121 Å². The summed E-state index contributed by atoms with van der Waals surface area (Å²) < 4.78 is 20.7. The number of hydrogen-bond acceptors (Lipinski definition) is 6. The first-order chi connectivity index (χ1) is 19.9. The molecular formula is C32H23Br2N3O4. The van der Waals surface area contributed by atoms with Crippen molar-refractivity contribution in [1.29, 1.82) is 0 Å². The van der Waals surface area contributed by atoms with Crippen LogP contribution in [0.25, 0.3) is 33.5 Å². The number of methoxy groups -OCH3 is 1. The van der Waals surface area contributed by atoms with Crippen LogP contribution in [0.15, 0.2) is 108 Å². The Morgan fingerprint density at radius 3 is 2.68 bits per heavy atom. The minimum absolute atomic E-state index is 0.293. The SMILES string of the molecule is COc1cc(C=Nn2c(-c3cc4cc(Br)ccc4o3)nc3ccccc3c2=O)cc(Br)c1OCc1cccc(C)c1. The number of aryl methyl sites for hydroxylation is 1. The summed E-state index contributed by atoms with van der Waals surface area (Å²) in [5.74, 6) is 1.82. The summed E-state index contributed by atoms with van der Waals surface area (Å²) in [5.41, 5.74) is 3.83. The van der Waals surface area contributed by atoms with E-state index in [1.54, 1.807) is 37.6 Å². The first-order valence-corrected chi connectivity index (χ1v) is 14.3. The van der Waals surface area contributed by atoms with Gasteiger partial charge >= 0.3 is 0 Å². The monoisotopic (exact) mass is 671 g/mol. The summed E-state index contributed by atoms with van der Waals surface area (Å²) in [4.78, 5) is 18.4. The molecule has 9 heteroatoms. The second-order valence-electron chi connectivity index (χ2n) is 9.42. The van der Waals surface area contributed by atoms with Crippen LogP contribution in [0.2, 0.25) is 0 Å². The molecule has 41 heavy (non-hydrogen) atoms. The minimum Gasteiger partial charge on any atom is -0.493 e. The van der Waals surface area contributed by atoms with Gasteiger partial charge in [-0.2, -0.15) is 9.78 Å². The number of rotatable bonds is 7. The Morgan fingerprint density at radius 1 is 1.00 bits per heavy atom. The van der Waals surface area contributed by atoms with Crippen molar-refractivity contribution in [2.45, 2.75) is 13.5 Å². The number of para-hydroxylation sites is 1. The highest BCUT2D eigenvalue weighted by molar-refractivity contribution is 9.10. The van der Waals surface area contributed by atoms with Crippen molar-refractivity contribution >= 4 is 59.9 Å². The molecule has 6 aromatic rings. The average Bonchev–Trinajstić information content (AvgIpc) is 3.39. The third-order valence-electron chi connectivity index (χ3n) is 6.49. The molecular weight excluding hydrogens is 650 g/mol. The highest BCUT2D eigenvalue weighted by Gasteiger charge is 2.17. The Hall–Kier alpha value is -4.21. The fourth-order valence-corrected chi connectivity index (χ4v) is 5.50.